The Morgan fingerprint density at radius 3 is 2.81 bits per heavy atom. The number of aromatic nitrogens is 3. The number of nitrogens with zero attached hydrogens (tertiary/aromatic N) is 3. The van der Waals surface area contributed by atoms with Crippen molar-refractivity contribution in [1.29, 1.82) is 0 Å². The van der Waals surface area contributed by atoms with Gasteiger partial charge < -0.3 is 5.73 Å². The minimum atomic E-state index is -0.592. The number of carbonyl (C=O) groups is 1. The second kappa shape index (κ2) is 4.32. The van der Waals surface area contributed by atoms with Gasteiger partial charge in [0.1, 0.15) is 0 Å². The lowest BCUT2D eigenvalue weighted by Crippen LogP contribution is -2.11. The van der Waals surface area contributed by atoms with E-state index in [0.29, 0.717) is 11.6 Å². The van der Waals surface area contributed by atoms with E-state index in [1.807, 2.05) is 18.2 Å². The highest BCUT2D eigenvalue weighted by atomic mass is 35.5. The highest BCUT2D eigenvalue weighted by Crippen LogP contribution is 2.15. The third-order valence-electron chi connectivity index (χ3n) is 2.08. The molecule has 0 aliphatic rings. The minimum Gasteiger partial charge on any atom is -0.364 e. The minimum absolute atomic E-state index is 0.145. The van der Waals surface area contributed by atoms with Crippen molar-refractivity contribution in [2.75, 3.05) is 0 Å². The molecular weight excluding hydrogens is 228 g/mol. The molecule has 0 atom stereocenters. The molecule has 0 saturated heterocycles. The SMILES string of the molecule is NC(=O)c1cn(Cc2ccccc2Cl)nn1. The van der Waals surface area contributed by atoms with Crippen molar-refractivity contribution in [3.8, 4) is 0 Å². The first-order valence-corrected chi connectivity index (χ1v) is 4.98. The predicted octanol–water partition coefficient (Wildman–Crippen LogP) is 1.08. The van der Waals surface area contributed by atoms with Gasteiger partial charge in [-0.2, -0.15) is 0 Å². The molecule has 16 heavy (non-hydrogen) atoms. The van der Waals surface area contributed by atoms with Crippen molar-refractivity contribution in [3.05, 3.63) is 46.7 Å². The molecule has 1 heterocycles. The van der Waals surface area contributed by atoms with Crippen LogP contribution in [0.4, 0.5) is 0 Å². The van der Waals surface area contributed by atoms with Gasteiger partial charge in [0.05, 0.1) is 12.7 Å². The van der Waals surface area contributed by atoms with Crippen LogP contribution in [0.1, 0.15) is 16.1 Å². The van der Waals surface area contributed by atoms with Crippen LogP contribution < -0.4 is 5.73 Å². The van der Waals surface area contributed by atoms with Crippen LogP contribution in [0.2, 0.25) is 5.02 Å². The van der Waals surface area contributed by atoms with Crippen molar-refractivity contribution >= 4 is 17.5 Å². The summed E-state index contributed by atoms with van der Waals surface area (Å²) >= 11 is 5.99. The molecule has 0 spiro atoms. The molecule has 0 saturated carbocycles. The summed E-state index contributed by atoms with van der Waals surface area (Å²) in [6.07, 6.45) is 1.49. The summed E-state index contributed by atoms with van der Waals surface area (Å²) in [4.78, 5) is 10.8. The zero-order valence-corrected chi connectivity index (χ0v) is 9.05. The average molecular weight is 237 g/mol. The number of amides is 1. The largest absolute Gasteiger partial charge is 0.364 e. The standard InChI is InChI=1S/C10H9ClN4O/c11-8-4-2-1-3-7(8)5-15-6-9(10(12)16)13-14-15/h1-4,6H,5H2,(H2,12,16). The maximum absolute atomic E-state index is 10.8. The van der Waals surface area contributed by atoms with Crippen molar-refractivity contribution < 1.29 is 4.79 Å². The van der Waals surface area contributed by atoms with E-state index in [2.05, 4.69) is 10.3 Å². The second-order valence-corrected chi connectivity index (χ2v) is 3.66. The third kappa shape index (κ3) is 2.20. The summed E-state index contributed by atoms with van der Waals surface area (Å²) in [5.74, 6) is -0.592. The van der Waals surface area contributed by atoms with Crippen LogP contribution in [0.3, 0.4) is 0 Å². The summed E-state index contributed by atoms with van der Waals surface area (Å²) in [5.41, 5.74) is 6.12. The molecule has 1 amide bonds. The lowest BCUT2D eigenvalue weighted by molar-refractivity contribution is 0.0995. The van der Waals surface area contributed by atoms with Crippen molar-refractivity contribution in [1.82, 2.24) is 15.0 Å². The van der Waals surface area contributed by atoms with Crippen molar-refractivity contribution in [3.63, 3.8) is 0 Å². The van der Waals surface area contributed by atoms with E-state index in [9.17, 15) is 4.79 Å². The van der Waals surface area contributed by atoms with E-state index in [4.69, 9.17) is 17.3 Å². The Hall–Kier alpha value is -1.88. The number of benzene rings is 1. The van der Waals surface area contributed by atoms with Gasteiger partial charge in [0.15, 0.2) is 5.69 Å². The number of nitrogens with two attached hydrogens (primary N) is 1. The Kier molecular flexibility index (Phi) is 2.87. The molecule has 1 aromatic carbocycles. The van der Waals surface area contributed by atoms with Crippen LogP contribution in [0.25, 0.3) is 0 Å². The first-order chi connectivity index (χ1) is 7.66. The topological polar surface area (TPSA) is 73.8 Å². The number of primary amides is 1. The second-order valence-electron chi connectivity index (χ2n) is 3.26. The highest BCUT2D eigenvalue weighted by Gasteiger charge is 2.07. The summed E-state index contributed by atoms with van der Waals surface area (Å²) < 4.78 is 1.52. The summed E-state index contributed by atoms with van der Waals surface area (Å²) in [5, 5.41) is 8.07. The zero-order valence-electron chi connectivity index (χ0n) is 8.30. The highest BCUT2D eigenvalue weighted by molar-refractivity contribution is 6.31. The van der Waals surface area contributed by atoms with Crippen LogP contribution in [0.5, 0.6) is 0 Å². The molecule has 1 aromatic heterocycles. The Labute approximate surface area is 96.8 Å². The predicted molar refractivity (Wildman–Crippen MR) is 59.1 cm³/mol. The van der Waals surface area contributed by atoms with Crippen LogP contribution >= 0.6 is 11.6 Å². The molecule has 0 fully saturated rings. The van der Waals surface area contributed by atoms with Gasteiger partial charge in [0, 0.05) is 5.02 Å². The maximum atomic E-state index is 10.8. The molecule has 0 radical (unpaired) electrons. The van der Waals surface area contributed by atoms with Gasteiger partial charge in [-0.1, -0.05) is 35.0 Å². The lowest BCUT2D eigenvalue weighted by atomic mass is 10.2. The van der Waals surface area contributed by atoms with E-state index in [0.717, 1.165) is 5.56 Å². The average Bonchev–Trinajstić information content (AvgIpc) is 2.70. The quantitative estimate of drug-likeness (QED) is 0.867. The first kappa shape index (κ1) is 10.6. The van der Waals surface area contributed by atoms with Gasteiger partial charge in [0.2, 0.25) is 0 Å². The number of halogens is 1. The molecule has 5 nitrogen and oxygen atoms in total. The number of hydrogen-bond donors (Lipinski definition) is 1. The first-order valence-electron chi connectivity index (χ1n) is 4.60. The molecule has 2 rings (SSSR count). The zero-order chi connectivity index (χ0) is 11.5. The van der Waals surface area contributed by atoms with E-state index in [1.54, 1.807) is 6.07 Å². The van der Waals surface area contributed by atoms with E-state index in [1.165, 1.54) is 10.9 Å². The van der Waals surface area contributed by atoms with Crippen molar-refractivity contribution in [2.24, 2.45) is 5.73 Å². The van der Waals surface area contributed by atoms with E-state index < -0.39 is 5.91 Å². The van der Waals surface area contributed by atoms with E-state index in [-0.39, 0.29) is 5.69 Å². The van der Waals surface area contributed by atoms with Crippen LogP contribution in [-0.4, -0.2) is 20.9 Å². The van der Waals surface area contributed by atoms with Gasteiger partial charge in [0.25, 0.3) is 5.91 Å². The van der Waals surface area contributed by atoms with Gasteiger partial charge >= 0.3 is 0 Å². The molecular formula is C10H9ClN4O. The Bertz CT molecular complexity index is 523. The lowest BCUT2D eigenvalue weighted by Gasteiger charge is -2.02. The van der Waals surface area contributed by atoms with Crippen molar-refractivity contribution in [2.45, 2.75) is 6.54 Å². The molecule has 0 bridgehead atoms. The van der Waals surface area contributed by atoms with Gasteiger partial charge in [-0.3, -0.25) is 4.79 Å². The summed E-state index contributed by atoms with van der Waals surface area (Å²) in [6.45, 7) is 0.458. The Morgan fingerprint density at radius 2 is 2.19 bits per heavy atom. The third-order valence-corrected chi connectivity index (χ3v) is 2.45. The molecule has 6 heteroatoms. The van der Waals surface area contributed by atoms with E-state index >= 15 is 0 Å². The van der Waals surface area contributed by atoms with Gasteiger partial charge in [-0.25, -0.2) is 4.68 Å². The molecule has 0 unspecified atom stereocenters. The summed E-state index contributed by atoms with van der Waals surface area (Å²) in [7, 11) is 0. The maximum Gasteiger partial charge on any atom is 0.270 e. The number of hydrogen-bond acceptors (Lipinski definition) is 3. The molecule has 0 aliphatic carbocycles. The smallest absolute Gasteiger partial charge is 0.270 e. The molecule has 2 N–H and O–H groups in total. The molecule has 0 aliphatic heterocycles. The van der Waals surface area contributed by atoms with Gasteiger partial charge in [-0.15, -0.1) is 5.10 Å². The molecule has 2 aromatic rings. The fourth-order valence-corrected chi connectivity index (χ4v) is 1.49. The normalized spacial score (nSPS) is 10.3. The Balaban J connectivity index is 2.21. The number of carbonyl (C=O) groups excluding carboxylic acids is 1. The fraction of sp³-hybridized carbons (Fsp3) is 0.100. The Morgan fingerprint density at radius 1 is 1.44 bits per heavy atom. The molecule has 82 valence electrons. The van der Waals surface area contributed by atoms with Crippen LogP contribution in [-0.2, 0) is 6.54 Å². The van der Waals surface area contributed by atoms with Crippen LogP contribution in [0.15, 0.2) is 30.5 Å². The van der Waals surface area contributed by atoms with Gasteiger partial charge in [-0.05, 0) is 11.6 Å². The monoisotopic (exact) mass is 236 g/mol. The summed E-state index contributed by atoms with van der Waals surface area (Å²) in [6, 6.07) is 7.41. The fourth-order valence-electron chi connectivity index (χ4n) is 1.29. The van der Waals surface area contributed by atoms with Crippen LogP contribution in [0, 0.1) is 0 Å². The number of rotatable bonds is 3.